The van der Waals surface area contributed by atoms with Crippen LogP contribution in [-0.2, 0) is 47.6 Å². The van der Waals surface area contributed by atoms with E-state index in [1.807, 2.05) is 58.1 Å². The van der Waals surface area contributed by atoms with Crippen molar-refractivity contribution in [3.05, 3.63) is 47.6 Å². The van der Waals surface area contributed by atoms with Crippen LogP contribution >= 0.6 is 0 Å². The minimum atomic E-state index is -2.24. The Hall–Kier alpha value is -3.12. The Kier molecular flexibility index (Phi) is 23.2. The zero-order valence-electron chi connectivity index (χ0n) is 42.5. The molecule has 16 atom stereocenters. The molecule has 0 aromatic rings. The molecule has 68 heavy (non-hydrogen) atoms. The van der Waals surface area contributed by atoms with Crippen molar-refractivity contribution < 1.29 is 68.0 Å². The topological polar surface area (TPSA) is 208 Å². The van der Waals surface area contributed by atoms with Gasteiger partial charge in [0.15, 0.2) is 17.7 Å². The number of esters is 1. The summed E-state index contributed by atoms with van der Waals surface area (Å²) in [6.07, 6.45) is 10.6. The highest BCUT2D eigenvalue weighted by atomic mass is 16.6. The molecule has 3 heterocycles. The van der Waals surface area contributed by atoms with E-state index >= 15 is 0 Å². The number of carbonyl (C=O) groups excluding carboxylic acids is 4. The van der Waals surface area contributed by atoms with Gasteiger partial charge in [-0.15, -0.1) is 0 Å². The van der Waals surface area contributed by atoms with Crippen LogP contribution in [0.1, 0.15) is 126 Å². The van der Waals surface area contributed by atoms with Crippen LogP contribution in [0.4, 0.5) is 0 Å². The number of methoxy groups -OCH3 is 3. The van der Waals surface area contributed by atoms with E-state index in [0.29, 0.717) is 63.4 Å². The maximum absolute atomic E-state index is 14.5. The van der Waals surface area contributed by atoms with E-state index in [9.17, 15) is 39.6 Å². The summed E-state index contributed by atoms with van der Waals surface area (Å²) >= 11 is 0. The molecule has 0 aromatic carbocycles. The highest BCUT2D eigenvalue weighted by Gasteiger charge is 2.53. The fraction of sp³-hybridized carbons (Fsp3) is 0.774. The first-order chi connectivity index (χ1) is 32.3. The van der Waals surface area contributed by atoms with Gasteiger partial charge in [-0.2, -0.15) is 0 Å². The maximum atomic E-state index is 14.5. The molecule has 3 aliphatic heterocycles. The molecule has 4 N–H and O–H groups in total. The van der Waals surface area contributed by atoms with Crippen LogP contribution in [0.25, 0.3) is 0 Å². The van der Waals surface area contributed by atoms with Crippen molar-refractivity contribution in [3.63, 3.8) is 0 Å². The predicted molar refractivity (Wildman–Crippen MR) is 257 cm³/mol. The summed E-state index contributed by atoms with van der Waals surface area (Å²) in [4.78, 5) is 58.1. The average molecular weight is 960 g/mol. The third-order valence-corrected chi connectivity index (χ3v) is 15.1. The minimum absolute atomic E-state index is 0.0256. The third-order valence-electron chi connectivity index (χ3n) is 15.1. The van der Waals surface area contributed by atoms with Crippen molar-refractivity contribution in [1.82, 2.24) is 4.90 Å². The Morgan fingerprint density at radius 3 is 2.28 bits per heavy atom. The molecule has 1 aliphatic carbocycles. The van der Waals surface area contributed by atoms with Gasteiger partial charge in [-0.05, 0) is 107 Å². The number of amides is 1. The summed E-state index contributed by atoms with van der Waals surface area (Å²) in [6, 6.07) is -1.09. The Labute approximate surface area is 405 Å². The zero-order chi connectivity index (χ0) is 50.3. The molecule has 16 unspecified atom stereocenters. The predicted octanol–water partition coefficient (Wildman–Crippen LogP) is 5.99. The van der Waals surface area contributed by atoms with Gasteiger partial charge in [0.05, 0.1) is 43.7 Å². The zero-order valence-corrected chi connectivity index (χ0v) is 42.5. The number of piperidine rings is 1. The van der Waals surface area contributed by atoms with Crippen LogP contribution < -0.4 is 0 Å². The molecule has 2 bridgehead atoms. The molecule has 15 heteroatoms. The number of nitrogens with zero attached hydrogens (tertiary/aromatic N) is 1. The first kappa shape index (κ1) is 57.5. The number of hydrogen-bond acceptors (Lipinski definition) is 14. The summed E-state index contributed by atoms with van der Waals surface area (Å²) in [7, 11) is 4.62. The van der Waals surface area contributed by atoms with E-state index in [1.54, 1.807) is 41.1 Å². The van der Waals surface area contributed by atoms with Crippen LogP contribution in [0, 0.1) is 35.5 Å². The Morgan fingerprint density at radius 2 is 1.60 bits per heavy atom. The molecule has 2 saturated heterocycles. The molecule has 4 rings (SSSR count). The number of aliphatic hydroxyl groups is 4. The fourth-order valence-electron chi connectivity index (χ4n) is 10.7. The van der Waals surface area contributed by atoms with E-state index in [0.717, 1.165) is 12.0 Å². The molecule has 1 saturated carbocycles. The molecule has 15 nitrogen and oxygen atoms in total. The lowest BCUT2D eigenvalue weighted by Crippen LogP contribution is -2.63. The van der Waals surface area contributed by atoms with Crippen molar-refractivity contribution in [3.8, 4) is 0 Å². The smallest absolute Gasteiger partial charge is 0.329 e. The Balaban J connectivity index is 1.70. The summed E-state index contributed by atoms with van der Waals surface area (Å²) < 4.78 is 35.7. The van der Waals surface area contributed by atoms with Crippen molar-refractivity contribution in [2.45, 2.75) is 186 Å². The van der Waals surface area contributed by atoms with Crippen LogP contribution in [0.5, 0.6) is 0 Å². The van der Waals surface area contributed by atoms with Gasteiger partial charge in [-0.3, -0.25) is 14.4 Å². The highest BCUT2D eigenvalue weighted by molar-refractivity contribution is 5.95. The molecule has 0 spiro atoms. The Bertz CT molecular complexity index is 1760. The Morgan fingerprint density at radius 1 is 0.868 bits per heavy atom. The summed E-state index contributed by atoms with van der Waals surface area (Å²) in [5.74, 6) is -6.20. The number of ketones is 2. The summed E-state index contributed by atoms with van der Waals surface area (Å²) in [5, 5.41) is 44.7. The second-order valence-electron chi connectivity index (χ2n) is 20.3. The lowest BCUT2D eigenvalue weighted by Gasteiger charge is -2.46. The molecular weight excluding hydrogens is 875 g/mol. The molecule has 386 valence electrons. The second-order valence-corrected chi connectivity index (χ2v) is 20.3. The van der Waals surface area contributed by atoms with Crippen LogP contribution in [0.2, 0.25) is 0 Å². The number of ether oxygens (including phenoxy) is 6. The SMILES string of the molecule is COC1CC2CCC(C)C(O)(O2)C(O)C(=O)N2CCCCC2C(=O)OC(C(C)CC2CCC(OCCO)C(OC)C2)CC(=O)/C(C)=C\C(C)C(O)C(OC)C(=O)C(C)CC(C)C=CC=CC=C1C. The van der Waals surface area contributed by atoms with Crippen molar-refractivity contribution in [2.24, 2.45) is 35.5 Å². The third kappa shape index (κ3) is 15.4. The fourth-order valence-corrected chi connectivity index (χ4v) is 10.7. The monoisotopic (exact) mass is 960 g/mol. The number of rotatable bonds is 9. The van der Waals surface area contributed by atoms with Gasteiger partial charge in [0.2, 0.25) is 5.79 Å². The number of carbonyl (C=O) groups is 4. The molecule has 0 radical (unpaired) electrons. The van der Waals surface area contributed by atoms with Gasteiger partial charge >= 0.3 is 5.97 Å². The standard InChI is InChI=1S/C53H85NO14/c1-32-16-12-11-13-17-33(2)44(63-8)30-40-21-19-38(7)53(62,68-40)50(59)51(60)54-23-15-14-18-41(54)52(61)67-45(35(4)28-39-20-22-43(66-25-24-55)46(29-39)64-9)31-42(56)34(3)27-37(6)48(58)49(65-10)47(57)36(5)26-32/h11-13,16-17,27,32,35-41,43-46,48-50,55,58-59,62H,14-15,18-26,28-31H2,1-10H3/b13-11?,16-12?,33-17?,34-27-. The lowest BCUT2D eigenvalue weighted by atomic mass is 9.78. The highest BCUT2D eigenvalue weighted by Crippen LogP contribution is 2.39. The van der Waals surface area contributed by atoms with Gasteiger partial charge in [-0.1, -0.05) is 71.1 Å². The van der Waals surface area contributed by atoms with Gasteiger partial charge in [0, 0.05) is 58.5 Å². The molecule has 1 amide bonds. The van der Waals surface area contributed by atoms with Crippen molar-refractivity contribution in [1.29, 1.82) is 0 Å². The molecule has 3 fully saturated rings. The summed E-state index contributed by atoms with van der Waals surface area (Å²) in [5.41, 5.74) is 1.23. The van der Waals surface area contributed by atoms with E-state index in [-0.39, 0.29) is 74.1 Å². The number of cyclic esters (lactones) is 1. The largest absolute Gasteiger partial charge is 0.460 e. The second kappa shape index (κ2) is 27.5. The minimum Gasteiger partial charge on any atom is -0.460 e. The molecule has 4 aliphatic rings. The van der Waals surface area contributed by atoms with Crippen molar-refractivity contribution >= 4 is 23.4 Å². The molecular formula is C53H85NO14. The lowest BCUT2D eigenvalue weighted by molar-refractivity contribution is -0.317. The number of aliphatic hydroxyl groups excluding tert-OH is 3. The van der Waals surface area contributed by atoms with Crippen LogP contribution in [0.3, 0.4) is 0 Å². The van der Waals surface area contributed by atoms with Crippen molar-refractivity contribution in [2.75, 3.05) is 41.1 Å². The van der Waals surface area contributed by atoms with E-state index in [2.05, 4.69) is 0 Å². The van der Waals surface area contributed by atoms with E-state index in [1.165, 1.54) is 12.0 Å². The molecule has 0 aromatic heterocycles. The van der Waals surface area contributed by atoms with E-state index in [4.69, 9.17) is 28.4 Å². The maximum Gasteiger partial charge on any atom is 0.329 e. The van der Waals surface area contributed by atoms with E-state index < -0.39 is 78.1 Å². The summed E-state index contributed by atoms with van der Waals surface area (Å²) in [6.45, 7) is 13.1. The number of fused-ring (bicyclic) bond motifs is 3. The first-order valence-electron chi connectivity index (χ1n) is 25.1. The first-order valence-corrected chi connectivity index (χ1v) is 25.1. The number of hydrogen-bond donors (Lipinski definition) is 4. The van der Waals surface area contributed by atoms with Crippen LogP contribution in [-0.4, -0.2) is 151 Å². The van der Waals surface area contributed by atoms with Gasteiger partial charge in [0.1, 0.15) is 18.2 Å². The number of allylic oxidation sites excluding steroid dienone is 6. The normalized spacial score (nSPS) is 38.5. The van der Waals surface area contributed by atoms with Gasteiger partial charge < -0.3 is 53.7 Å². The average Bonchev–Trinajstić information content (AvgIpc) is 3.32. The van der Waals surface area contributed by atoms with Gasteiger partial charge in [-0.25, -0.2) is 4.79 Å². The quantitative estimate of drug-likeness (QED) is 0.196. The number of Topliss-reactive ketones (excluding diaryl/α,β-unsaturated/α-hetero) is 2. The van der Waals surface area contributed by atoms with Gasteiger partial charge in [0.25, 0.3) is 5.91 Å². The van der Waals surface area contributed by atoms with Crippen LogP contribution in [0.15, 0.2) is 47.6 Å².